The normalized spacial score (nSPS) is 15.3. The quantitative estimate of drug-likeness (QED) is 0.810. The first-order valence-electron chi connectivity index (χ1n) is 6.48. The molecule has 0 saturated carbocycles. The molecule has 3 rings (SSSR count). The molecule has 108 valence electrons. The molecule has 1 fully saturated rings. The van der Waals surface area contributed by atoms with Gasteiger partial charge in [-0.25, -0.2) is 4.39 Å². The molecular formula is C16H12ClFO3. The van der Waals surface area contributed by atoms with Crippen LogP contribution in [0.1, 0.15) is 27.8 Å². The van der Waals surface area contributed by atoms with E-state index >= 15 is 0 Å². The van der Waals surface area contributed by atoms with E-state index in [1.807, 2.05) is 0 Å². The summed E-state index contributed by atoms with van der Waals surface area (Å²) < 4.78 is 23.8. The average molecular weight is 307 g/mol. The van der Waals surface area contributed by atoms with Crippen LogP contribution >= 0.6 is 11.6 Å². The van der Waals surface area contributed by atoms with Crippen molar-refractivity contribution in [2.24, 2.45) is 0 Å². The second-order valence-electron chi connectivity index (χ2n) is 4.65. The van der Waals surface area contributed by atoms with E-state index in [0.717, 1.165) is 11.6 Å². The summed E-state index contributed by atoms with van der Waals surface area (Å²) in [7, 11) is 0. The summed E-state index contributed by atoms with van der Waals surface area (Å²) >= 11 is 5.91. The molecule has 2 aromatic rings. The van der Waals surface area contributed by atoms with E-state index in [2.05, 4.69) is 0 Å². The van der Waals surface area contributed by atoms with Crippen molar-refractivity contribution in [1.29, 1.82) is 0 Å². The highest BCUT2D eigenvalue weighted by Gasteiger charge is 2.19. The van der Waals surface area contributed by atoms with Crippen LogP contribution in [-0.2, 0) is 9.47 Å². The molecule has 0 amide bonds. The summed E-state index contributed by atoms with van der Waals surface area (Å²) in [5, 5.41) is 0.103. The van der Waals surface area contributed by atoms with Crippen molar-refractivity contribution in [1.82, 2.24) is 0 Å². The van der Waals surface area contributed by atoms with Crippen LogP contribution in [0.25, 0.3) is 0 Å². The second-order valence-corrected chi connectivity index (χ2v) is 5.06. The lowest BCUT2D eigenvalue weighted by molar-refractivity contribution is -0.0441. The Morgan fingerprint density at radius 3 is 2.38 bits per heavy atom. The van der Waals surface area contributed by atoms with Gasteiger partial charge in [-0.1, -0.05) is 35.9 Å². The zero-order valence-corrected chi connectivity index (χ0v) is 11.8. The van der Waals surface area contributed by atoms with E-state index in [4.69, 9.17) is 21.1 Å². The van der Waals surface area contributed by atoms with Crippen molar-refractivity contribution >= 4 is 17.4 Å². The summed E-state index contributed by atoms with van der Waals surface area (Å²) in [6.45, 7) is 1.13. The van der Waals surface area contributed by atoms with Crippen molar-refractivity contribution in [3.05, 3.63) is 70.0 Å². The minimum absolute atomic E-state index is 0.103. The fourth-order valence-corrected chi connectivity index (χ4v) is 2.42. The fourth-order valence-electron chi connectivity index (χ4n) is 2.17. The number of halogens is 2. The highest BCUT2D eigenvalue weighted by Crippen LogP contribution is 2.25. The van der Waals surface area contributed by atoms with Gasteiger partial charge < -0.3 is 9.47 Å². The van der Waals surface area contributed by atoms with Crippen molar-refractivity contribution in [2.75, 3.05) is 13.2 Å². The third-order valence-corrected chi connectivity index (χ3v) is 3.56. The lowest BCUT2D eigenvalue weighted by Crippen LogP contribution is -2.04. The molecule has 1 saturated heterocycles. The molecule has 0 N–H and O–H groups in total. The summed E-state index contributed by atoms with van der Waals surface area (Å²) in [6.07, 6.45) is -0.372. The summed E-state index contributed by atoms with van der Waals surface area (Å²) in [4.78, 5) is 12.3. The van der Waals surface area contributed by atoms with E-state index in [9.17, 15) is 9.18 Å². The zero-order valence-electron chi connectivity index (χ0n) is 11.0. The maximum atomic E-state index is 13.0. The maximum Gasteiger partial charge on any atom is 0.194 e. The molecular weight excluding hydrogens is 295 g/mol. The van der Waals surface area contributed by atoms with Gasteiger partial charge in [0.25, 0.3) is 0 Å². The van der Waals surface area contributed by atoms with Gasteiger partial charge in [-0.15, -0.1) is 0 Å². The van der Waals surface area contributed by atoms with Gasteiger partial charge in [-0.2, -0.15) is 0 Å². The first-order chi connectivity index (χ1) is 10.1. The van der Waals surface area contributed by atoms with Gasteiger partial charge in [-0.05, 0) is 18.2 Å². The van der Waals surface area contributed by atoms with E-state index in [0.29, 0.717) is 18.8 Å². The van der Waals surface area contributed by atoms with Crippen LogP contribution in [0.5, 0.6) is 0 Å². The molecule has 21 heavy (non-hydrogen) atoms. The van der Waals surface area contributed by atoms with Crippen LogP contribution in [0.15, 0.2) is 42.5 Å². The van der Waals surface area contributed by atoms with Crippen molar-refractivity contribution in [2.45, 2.75) is 6.29 Å². The number of ketones is 1. The van der Waals surface area contributed by atoms with Gasteiger partial charge in [0.1, 0.15) is 5.82 Å². The Morgan fingerprint density at radius 2 is 1.76 bits per heavy atom. The maximum absolute atomic E-state index is 13.0. The Kier molecular flexibility index (Phi) is 4.01. The summed E-state index contributed by atoms with van der Waals surface area (Å²) in [5.41, 5.74) is 1.61. The summed E-state index contributed by atoms with van der Waals surface area (Å²) in [6, 6.07) is 10.7. The lowest BCUT2D eigenvalue weighted by atomic mass is 10.0. The number of carbonyl (C=O) groups excluding carboxylic acids is 1. The van der Waals surface area contributed by atoms with E-state index < -0.39 is 5.82 Å². The van der Waals surface area contributed by atoms with Gasteiger partial charge in [0.05, 0.1) is 18.2 Å². The molecule has 5 heteroatoms. The molecule has 0 radical (unpaired) electrons. The predicted octanol–water partition coefficient (Wildman–Crippen LogP) is 3.76. The molecule has 3 nitrogen and oxygen atoms in total. The van der Waals surface area contributed by atoms with Crippen LogP contribution in [0.4, 0.5) is 4.39 Å². The Labute approximate surface area is 126 Å². The Morgan fingerprint density at radius 1 is 1.10 bits per heavy atom. The number of ether oxygens (including phenoxy) is 2. The second kappa shape index (κ2) is 5.93. The summed E-state index contributed by atoms with van der Waals surface area (Å²) in [5.74, 6) is -0.720. The Balaban J connectivity index is 1.84. The molecule has 0 spiro atoms. The zero-order chi connectivity index (χ0) is 14.8. The largest absolute Gasteiger partial charge is 0.346 e. The minimum atomic E-state index is -0.470. The van der Waals surface area contributed by atoms with E-state index in [1.165, 1.54) is 12.1 Å². The SMILES string of the molecule is O=C(c1ccc(C2OCCO2)cc1)c1ccc(F)cc1Cl. The molecule has 0 unspecified atom stereocenters. The molecule has 0 aliphatic carbocycles. The van der Waals surface area contributed by atoms with E-state index in [1.54, 1.807) is 24.3 Å². The molecule has 0 aromatic heterocycles. The molecule has 1 aliphatic heterocycles. The third-order valence-electron chi connectivity index (χ3n) is 3.24. The van der Waals surface area contributed by atoms with E-state index in [-0.39, 0.29) is 22.7 Å². The minimum Gasteiger partial charge on any atom is -0.346 e. The van der Waals surface area contributed by atoms with Crippen LogP contribution in [-0.4, -0.2) is 19.0 Å². The third kappa shape index (κ3) is 2.97. The average Bonchev–Trinajstić information content (AvgIpc) is 3.01. The molecule has 1 heterocycles. The molecule has 0 atom stereocenters. The number of benzene rings is 2. The number of carbonyl (C=O) groups is 1. The van der Waals surface area contributed by atoms with Crippen molar-refractivity contribution in [3.8, 4) is 0 Å². The van der Waals surface area contributed by atoms with Crippen LogP contribution in [0, 0.1) is 5.82 Å². The highest BCUT2D eigenvalue weighted by atomic mass is 35.5. The topological polar surface area (TPSA) is 35.5 Å². The Hall–Kier alpha value is -1.75. The first-order valence-corrected chi connectivity index (χ1v) is 6.86. The van der Waals surface area contributed by atoms with Gasteiger partial charge >= 0.3 is 0 Å². The monoisotopic (exact) mass is 306 g/mol. The molecule has 0 bridgehead atoms. The lowest BCUT2D eigenvalue weighted by Gasteiger charge is -2.10. The highest BCUT2D eigenvalue weighted by molar-refractivity contribution is 6.35. The number of hydrogen-bond acceptors (Lipinski definition) is 3. The van der Waals surface area contributed by atoms with Crippen LogP contribution in [0.3, 0.4) is 0 Å². The smallest absolute Gasteiger partial charge is 0.194 e. The standard InChI is InChI=1S/C16H12ClFO3/c17-14-9-12(18)5-6-13(14)15(19)10-1-3-11(4-2-10)16-20-7-8-21-16/h1-6,9,16H,7-8H2. The fraction of sp³-hybridized carbons (Fsp3) is 0.188. The van der Waals surface area contributed by atoms with Crippen LogP contribution < -0.4 is 0 Å². The van der Waals surface area contributed by atoms with Gasteiger partial charge in [0.2, 0.25) is 0 Å². The van der Waals surface area contributed by atoms with Crippen LogP contribution in [0.2, 0.25) is 5.02 Å². The predicted molar refractivity (Wildman–Crippen MR) is 75.9 cm³/mol. The molecule has 1 aliphatic rings. The van der Waals surface area contributed by atoms with Gasteiger partial charge in [0, 0.05) is 16.7 Å². The molecule has 2 aromatic carbocycles. The van der Waals surface area contributed by atoms with Crippen molar-refractivity contribution < 1.29 is 18.7 Å². The Bertz CT molecular complexity index is 664. The number of hydrogen-bond donors (Lipinski definition) is 0. The van der Waals surface area contributed by atoms with Crippen molar-refractivity contribution in [3.63, 3.8) is 0 Å². The van der Waals surface area contributed by atoms with Gasteiger partial charge in [0.15, 0.2) is 12.1 Å². The van der Waals surface area contributed by atoms with Gasteiger partial charge in [-0.3, -0.25) is 4.79 Å². The number of rotatable bonds is 3. The first kappa shape index (κ1) is 14.2.